The van der Waals surface area contributed by atoms with Crippen LogP contribution < -0.4 is 10.1 Å². The highest BCUT2D eigenvalue weighted by Gasteiger charge is 2.31. The molecule has 1 heterocycles. The van der Waals surface area contributed by atoms with Crippen LogP contribution in [0.2, 0.25) is 0 Å². The SMILES string of the molecule is CNC1CCN(S(=O)(=O)c2cc(C)cc(C)c2OC)CC1.Cl. The van der Waals surface area contributed by atoms with E-state index in [-0.39, 0.29) is 17.3 Å². The quantitative estimate of drug-likeness (QED) is 0.905. The van der Waals surface area contributed by atoms with Crippen LogP contribution in [0.5, 0.6) is 5.75 Å². The van der Waals surface area contributed by atoms with Crippen molar-refractivity contribution in [2.45, 2.75) is 37.6 Å². The van der Waals surface area contributed by atoms with Gasteiger partial charge in [0.1, 0.15) is 10.6 Å². The van der Waals surface area contributed by atoms with E-state index in [1.165, 1.54) is 7.11 Å². The summed E-state index contributed by atoms with van der Waals surface area (Å²) < 4.78 is 32.7. The van der Waals surface area contributed by atoms with Crippen LogP contribution in [-0.4, -0.2) is 46.0 Å². The van der Waals surface area contributed by atoms with Crippen LogP contribution in [0.1, 0.15) is 24.0 Å². The summed E-state index contributed by atoms with van der Waals surface area (Å²) >= 11 is 0. The van der Waals surface area contributed by atoms with Gasteiger partial charge in [-0.2, -0.15) is 4.31 Å². The third-order valence-corrected chi connectivity index (χ3v) is 5.97. The zero-order chi connectivity index (χ0) is 15.6. The van der Waals surface area contributed by atoms with E-state index in [1.807, 2.05) is 27.0 Å². The second kappa shape index (κ2) is 7.64. The summed E-state index contributed by atoms with van der Waals surface area (Å²) in [4.78, 5) is 0.283. The van der Waals surface area contributed by atoms with Crippen molar-refractivity contribution in [2.75, 3.05) is 27.2 Å². The number of nitrogens with one attached hydrogen (secondary N) is 1. The van der Waals surface area contributed by atoms with Gasteiger partial charge in [0.25, 0.3) is 0 Å². The van der Waals surface area contributed by atoms with Crippen molar-refractivity contribution in [3.05, 3.63) is 23.3 Å². The van der Waals surface area contributed by atoms with E-state index < -0.39 is 10.0 Å². The molecule has 1 saturated heterocycles. The molecule has 0 bridgehead atoms. The second-order valence-electron chi connectivity index (χ2n) is 5.58. The number of halogens is 1. The van der Waals surface area contributed by atoms with Gasteiger partial charge in [0.2, 0.25) is 10.0 Å². The molecule has 0 radical (unpaired) electrons. The maximum atomic E-state index is 12.9. The largest absolute Gasteiger partial charge is 0.495 e. The fraction of sp³-hybridized carbons (Fsp3) is 0.600. The summed E-state index contributed by atoms with van der Waals surface area (Å²) in [6.07, 6.45) is 1.67. The summed E-state index contributed by atoms with van der Waals surface area (Å²) in [7, 11) is -0.0647. The molecule has 0 aliphatic carbocycles. The minimum absolute atomic E-state index is 0. The Balaban J connectivity index is 0.00000242. The monoisotopic (exact) mass is 348 g/mol. The first-order valence-electron chi connectivity index (χ1n) is 7.22. The van der Waals surface area contributed by atoms with Crippen molar-refractivity contribution >= 4 is 22.4 Å². The fourth-order valence-corrected chi connectivity index (χ4v) is 4.68. The van der Waals surface area contributed by atoms with Gasteiger partial charge in [-0.15, -0.1) is 12.4 Å². The molecule has 2 rings (SSSR count). The van der Waals surface area contributed by atoms with Gasteiger partial charge in [-0.25, -0.2) is 8.42 Å². The number of aryl methyl sites for hydroxylation is 2. The van der Waals surface area contributed by atoms with Crippen molar-refractivity contribution in [3.8, 4) is 5.75 Å². The second-order valence-corrected chi connectivity index (χ2v) is 7.49. The van der Waals surface area contributed by atoms with E-state index in [9.17, 15) is 8.42 Å². The molecule has 0 atom stereocenters. The smallest absolute Gasteiger partial charge is 0.246 e. The summed E-state index contributed by atoms with van der Waals surface area (Å²) in [5.74, 6) is 0.455. The first kappa shape index (κ1) is 19.2. The number of methoxy groups -OCH3 is 1. The van der Waals surface area contributed by atoms with Crippen LogP contribution in [0, 0.1) is 13.8 Å². The highest BCUT2D eigenvalue weighted by Crippen LogP contribution is 2.32. The maximum Gasteiger partial charge on any atom is 0.246 e. The van der Waals surface area contributed by atoms with Crippen LogP contribution in [0.3, 0.4) is 0 Å². The Hall–Kier alpha value is -0.820. The first-order valence-corrected chi connectivity index (χ1v) is 8.66. The number of hydrogen-bond acceptors (Lipinski definition) is 4. The van der Waals surface area contributed by atoms with Gasteiger partial charge < -0.3 is 10.1 Å². The van der Waals surface area contributed by atoms with Gasteiger partial charge in [0.05, 0.1) is 7.11 Å². The number of nitrogens with zero attached hydrogens (tertiary/aromatic N) is 1. The number of piperidine rings is 1. The van der Waals surface area contributed by atoms with Crippen LogP contribution in [0.25, 0.3) is 0 Å². The van der Waals surface area contributed by atoms with Gasteiger partial charge in [-0.3, -0.25) is 0 Å². The predicted molar refractivity (Wildman–Crippen MR) is 90.6 cm³/mol. The molecule has 5 nitrogen and oxygen atoms in total. The van der Waals surface area contributed by atoms with Crippen molar-refractivity contribution in [1.82, 2.24) is 9.62 Å². The molecule has 1 aliphatic rings. The molecule has 126 valence electrons. The van der Waals surface area contributed by atoms with Gasteiger partial charge in [0, 0.05) is 19.1 Å². The minimum atomic E-state index is -3.50. The van der Waals surface area contributed by atoms with Gasteiger partial charge in [-0.05, 0) is 50.9 Å². The average Bonchev–Trinajstić information content (AvgIpc) is 2.46. The zero-order valence-corrected chi connectivity index (χ0v) is 15.2. The highest BCUT2D eigenvalue weighted by molar-refractivity contribution is 7.89. The van der Waals surface area contributed by atoms with E-state index in [0.29, 0.717) is 24.9 Å². The Labute approximate surface area is 139 Å². The van der Waals surface area contributed by atoms with E-state index in [4.69, 9.17) is 4.74 Å². The summed E-state index contributed by atoms with van der Waals surface area (Å²) in [5, 5.41) is 3.21. The van der Waals surface area contributed by atoms with Crippen molar-refractivity contribution < 1.29 is 13.2 Å². The molecule has 0 aromatic heterocycles. The molecule has 1 aliphatic heterocycles. The van der Waals surface area contributed by atoms with E-state index in [1.54, 1.807) is 10.4 Å². The lowest BCUT2D eigenvalue weighted by Gasteiger charge is -2.31. The van der Waals surface area contributed by atoms with Crippen LogP contribution in [0.15, 0.2) is 17.0 Å². The standard InChI is InChI=1S/C15H24N2O3S.ClH/c1-11-9-12(2)15(20-4)14(10-11)21(18,19)17-7-5-13(16-3)6-8-17;/h9-10,13,16H,5-8H2,1-4H3;1H. The lowest BCUT2D eigenvalue weighted by Crippen LogP contribution is -2.43. The third kappa shape index (κ3) is 3.74. The van der Waals surface area contributed by atoms with Gasteiger partial charge in [-0.1, -0.05) is 6.07 Å². The number of benzene rings is 1. The van der Waals surface area contributed by atoms with Gasteiger partial charge in [0.15, 0.2) is 0 Å². The molecule has 0 spiro atoms. The van der Waals surface area contributed by atoms with Crippen LogP contribution in [0.4, 0.5) is 0 Å². The minimum Gasteiger partial charge on any atom is -0.495 e. The van der Waals surface area contributed by atoms with Gasteiger partial charge >= 0.3 is 0 Å². The molecular formula is C15H25ClN2O3S. The Morgan fingerprint density at radius 2 is 1.82 bits per heavy atom. The van der Waals surface area contributed by atoms with Crippen molar-refractivity contribution in [3.63, 3.8) is 0 Å². The number of hydrogen-bond donors (Lipinski definition) is 1. The number of rotatable bonds is 4. The Morgan fingerprint density at radius 3 is 2.32 bits per heavy atom. The van der Waals surface area contributed by atoms with E-state index in [2.05, 4.69) is 5.32 Å². The highest BCUT2D eigenvalue weighted by atomic mass is 35.5. The zero-order valence-electron chi connectivity index (χ0n) is 13.5. The molecule has 1 aromatic carbocycles. The number of ether oxygens (including phenoxy) is 1. The molecule has 0 saturated carbocycles. The van der Waals surface area contributed by atoms with Crippen LogP contribution >= 0.6 is 12.4 Å². The Kier molecular flexibility index (Phi) is 6.67. The molecule has 7 heteroatoms. The maximum absolute atomic E-state index is 12.9. The van der Waals surface area contributed by atoms with Crippen molar-refractivity contribution in [1.29, 1.82) is 0 Å². The number of sulfonamides is 1. The molecule has 0 amide bonds. The Bertz CT molecular complexity index is 611. The normalized spacial score (nSPS) is 17.1. The lowest BCUT2D eigenvalue weighted by molar-refractivity contribution is 0.297. The summed E-state index contributed by atoms with van der Waals surface area (Å²) in [6, 6.07) is 4.04. The fourth-order valence-electron chi connectivity index (χ4n) is 2.89. The third-order valence-electron chi connectivity index (χ3n) is 4.07. The summed E-state index contributed by atoms with van der Waals surface area (Å²) in [6.45, 7) is 4.87. The lowest BCUT2D eigenvalue weighted by atomic mass is 10.1. The van der Waals surface area contributed by atoms with Crippen LogP contribution in [-0.2, 0) is 10.0 Å². The molecular weight excluding hydrogens is 324 g/mol. The molecule has 22 heavy (non-hydrogen) atoms. The van der Waals surface area contributed by atoms with E-state index >= 15 is 0 Å². The molecule has 1 fully saturated rings. The predicted octanol–water partition coefficient (Wildman–Crippen LogP) is 2.11. The van der Waals surface area contributed by atoms with Crippen molar-refractivity contribution in [2.24, 2.45) is 0 Å². The average molecular weight is 349 g/mol. The molecule has 0 unspecified atom stereocenters. The Morgan fingerprint density at radius 1 is 1.23 bits per heavy atom. The topological polar surface area (TPSA) is 58.6 Å². The molecule has 1 aromatic rings. The molecule has 1 N–H and O–H groups in total. The van der Waals surface area contributed by atoms with E-state index in [0.717, 1.165) is 24.0 Å². The first-order chi connectivity index (χ1) is 9.90. The summed E-state index contributed by atoms with van der Waals surface area (Å²) in [5.41, 5.74) is 1.78.